The van der Waals surface area contributed by atoms with Gasteiger partial charge in [-0.25, -0.2) is 0 Å². The first kappa shape index (κ1) is 11.5. The molecule has 1 aliphatic heterocycles. The number of nitriles is 1. The van der Waals surface area contributed by atoms with Gasteiger partial charge in [0, 0.05) is 20.1 Å². The maximum atomic E-state index is 8.96. The van der Waals surface area contributed by atoms with Crippen LogP contribution in [-0.2, 0) is 9.47 Å². The molecule has 0 aromatic rings. The highest BCUT2D eigenvalue weighted by Gasteiger charge is 2.31. The van der Waals surface area contributed by atoms with E-state index in [4.69, 9.17) is 14.7 Å². The largest absolute Gasteiger partial charge is 0.379 e. The monoisotopic (exact) mass is 197 g/mol. The normalized spacial score (nSPS) is 28.4. The van der Waals surface area contributed by atoms with E-state index in [1.165, 1.54) is 0 Å². The summed E-state index contributed by atoms with van der Waals surface area (Å²) < 4.78 is 11.0. The Morgan fingerprint density at radius 1 is 1.57 bits per heavy atom. The average molecular weight is 197 g/mol. The van der Waals surface area contributed by atoms with Crippen LogP contribution in [0.2, 0.25) is 0 Å². The molecule has 1 fully saturated rings. The fraction of sp³-hybridized carbons (Fsp3) is 0.909. The molecule has 0 aromatic carbocycles. The zero-order chi connectivity index (χ0) is 10.6. The number of ether oxygens (including phenoxy) is 2. The van der Waals surface area contributed by atoms with Gasteiger partial charge in [-0.05, 0) is 26.7 Å². The molecule has 0 radical (unpaired) electrons. The zero-order valence-electron chi connectivity index (χ0n) is 9.25. The topological polar surface area (TPSA) is 42.2 Å². The summed E-state index contributed by atoms with van der Waals surface area (Å²) in [5, 5.41) is 8.96. The van der Waals surface area contributed by atoms with E-state index < -0.39 is 0 Å². The van der Waals surface area contributed by atoms with Gasteiger partial charge < -0.3 is 9.47 Å². The second-order valence-electron chi connectivity index (χ2n) is 4.46. The number of nitrogens with zero attached hydrogens (tertiary/aromatic N) is 1. The lowest BCUT2D eigenvalue weighted by atomic mass is 9.88. The minimum Gasteiger partial charge on any atom is -0.379 e. The van der Waals surface area contributed by atoms with Crippen molar-refractivity contribution in [1.82, 2.24) is 0 Å². The Kier molecular flexibility index (Phi) is 3.91. The molecule has 1 heterocycles. The van der Waals surface area contributed by atoms with Crippen molar-refractivity contribution in [3.8, 4) is 6.07 Å². The molecule has 2 unspecified atom stereocenters. The molecular weight excluding hydrogens is 178 g/mol. The highest BCUT2D eigenvalue weighted by molar-refractivity contribution is 4.93. The third-order valence-electron chi connectivity index (χ3n) is 2.85. The lowest BCUT2D eigenvalue weighted by molar-refractivity contribution is -0.0733. The summed E-state index contributed by atoms with van der Waals surface area (Å²) in [7, 11) is 1.70. The first-order valence-electron chi connectivity index (χ1n) is 5.15. The van der Waals surface area contributed by atoms with Gasteiger partial charge >= 0.3 is 0 Å². The van der Waals surface area contributed by atoms with E-state index in [1.807, 2.05) is 13.8 Å². The van der Waals surface area contributed by atoms with Gasteiger partial charge in [-0.15, -0.1) is 0 Å². The summed E-state index contributed by atoms with van der Waals surface area (Å²) in [5.74, 6) is 0.0400. The lowest BCUT2D eigenvalue weighted by Crippen LogP contribution is -2.37. The van der Waals surface area contributed by atoms with Crippen LogP contribution < -0.4 is 0 Å². The lowest BCUT2D eigenvalue weighted by Gasteiger charge is -2.33. The van der Waals surface area contributed by atoms with Crippen LogP contribution >= 0.6 is 0 Å². The Bertz CT molecular complexity index is 220. The molecule has 2 atom stereocenters. The van der Waals surface area contributed by atoms with Gasteiger partial charge in [-0.1, -0.05) is 0 Å². The van der Waals surface area contributed by atoms with Crippen molar-refractivity contribution in [2.24, 2.45) is 5.92 Å². The van der Waals surface area contributed by atoms with Gasteiger partial charge in [0.1, 0.15) is 0 Å². The molecule has 0 amide bonds. The summed E-state index contributed by atoms with van der Waals surface area (Å²) in [5.41, 5.74) is -0.197. The Morgan fingerprint density at radius 3 is 2.86 bits per heavy atom. The Hall–Kier alpha value is -0.590. The van der Waals surface area contributed by atoms with E-state index in [2.05, 4.69) is 6.07 Å². The van der Waals surface area contributed by atoms with Crippen molar-refractivity contribution in [3.05, 3.63) is 0 Å². The number of hydrogen-bond acceptors (Lipinski definition) is 3. The molecule has 0 aromatic heterocycles. The Labute approximate surface area is 86.0 Å². The first-order chi connectivity index (χ1) is 6.59. The van der Waals surface area contributed by atoms with Crippen LogP contribution in [-0.4, -0.2) is 25.4 Å². The van der Waals surface area contributed by atoms with E-state index in [0.717, 1.165) is 25.9 Å². The van der Waals surface area contributed by atoms with Crippen molar-refractivity contribution in [3.63, 3.8) is 0 Å². The molecule has 0 bridgehead atoms. The van der Waals surface area contributed by atoms with Gasteiger partial charge in [-0.3, -0.25) is 0 Å². The van der Waals surface area contributed by atoms with E-state index >= 15 is 0 Å². The summed E-state index contributed by atoms with van der Waals surface area (Å²) in [6.45, 7) is 4.83. The van der Waals surface area contributed by atoms with Crippen LogP contribution in [0.15, 0.2) is 0 Å². The van der Waals surface area contributed by atoms with E-state index in [-0.39, 0.29) is 17.6 Å². The second-order valence-corrected chi connectivity index (χ2v) is 4.46. The van der Waals surface area contributed by atoms with E-state index in [1.54, 1.807) is 7.11 Å². The van der Waals surface area contributed by atoms with Crippen molar-refractivity contribution < 1.29 is 9.47 Å². The number of hydrogen-bond donors (Lipinski definition) is 0. The number of methoxy groups -OCH3 is 1. The van der Waals surface area contributed by atoms with E-state index in [9.17, 15) is 0 Å². The molecule has 3 nitrogen and oxygen atoms in total. The molecule has 0 saturated carbocycles. The summed E-state index contributed by atoms with van der Waals surface area (Å²) in [4.78, 5) is 0. The minimum atomic E-state index is -0.197. The van der Waals surface area contributed by atoms with Gasteiger partial charge in [0.05, 0.1) is 23.7 Å². The van der Waals surface area contributed by atoms with Crippen molar-refractivity contribution >= 4 is 0 Å². The molecule has 0 aliphatic carbocycles. The van der Waals surface area contributed by atoms with Crippen LogP contribution in [0.25, 0.3) is 0 Å². The van der Waals surface area contributed by atoms with Crippen LogP contribution in [0, 0.1) is 17.2 Å². The molecule has 3 heteroatoms. The Morgan fingerprint density at radius 2 is 2.29 bits per heavy atom. The standard InChI is InChI=1S/C11H19NO2/c1-11(2,13-3)7-10-9(8-12)5-4-6-14-10/h9-10H,4-7H2,1-3H3. The molecule has 1 saturated heterocycles. The van der Waals surface area contributed by atoms with Crippen LogP contribution in [0.1, 0.15) is 33.1 Å². The van der Waals surface area contributed by atoms with Gasteiger partial charge in [0.25, 0.3) is 0 Å². The summed E-state index contributed by atoms with van der Waals surface area (Å²) in [6, 6.07) is 2.32. The maximum absolute atomic E-state index is 8.96. The third kappa shape index (κ3) is 2.97. The van der Waals surface area contributed by atoms with Gasteiger partial charge in [-0.2, -0.15) is 5.26 Å². The fourth-order valence-corrected chi connectivity index (χ4v) is 1.76. The molecule has 80 valence electrons. The van der Waals surface area contributed by atoms with Gasteiger partial charge in [0.15, 0.2) is 0 Å². The SMILES string of the molecule is COC(C)(C)CC1OCCCC1C#N. The van der Waals surface area contributed by atoms with E-state index in [0.29, 0.717) is 0 Å². The number of rotatable bonds is 3. The maximum Gasteiger partial charge on any atom is 0.0760 e. The van der Waals surface area contributed by atoms with Crippen molar-refractivity contribution in [1.29, 1.82) is 5.26 Å². The quantitative estimate of drug-likeness (QED) is 0.696. The third-order valence-corrected chi connectivity index (χ3v) is 2.85. The predicted octanol–water partition coefficient (Wildman–Crippen LogP) is 2.12. The molecule has 14 heavy (non-hydrogen) atoms. The van der Waals surface area contributed by atoms with Crippen molar-refractivity contribution in [2.75, 3.05) is 13.7 Å². The van der Waals surface area contributed by atoms with Gasteiger partial charge in [0.2, 0.25) is 0 Å². The molecule has 0 N–H and O–H groups in total. The zero-order valence-corrected chi connectivity index (χ0v) is 9.25. The fourth-order valence-electron chi connectivity index (χ4n) is 1.76. The molecule has 1 rings (SSSR count). The highest BCUT2D eigenvalue weighted by atomic mass is 16.5. The van der Waals surface area contributed by atoms with Crippen molar-refractivity contribution in [2.45, 2.75) is 44.8 Å². The summed E-state index contributed by atoms with van der Waals surface area (Å²) in [6.07, 6.45) is 2.80. The molecule has 0 spiro atoms. The van der Waals surface area contributed by atoms with Crippen LogP contribution in [0.4, 0.5) is 0 Å². The summed E-state index contributed by atoms with van der Waals surface area (Å²) >= 11 is 0. The smallest absolute Gasteiger partial charge is 0.0760 e. The van der Waals surface area contributed by atoms with Crippen LogP contribution in [0.5, 0.6) is 0 Å². The highest BCUT2D eigenvalue weighted by Crippen LogP contribution is 2.28. The first-order valence-corrected chi connectivity index (χ1v) is 5.15. The second kappa shape index (κ2) is 4.77. The molecular formula is C11H19NO2. The Balaban J connectivity index is 2.53. The average Bonchev–Trinajstić information content (AvgIpc) is 2.18. The minimum absolute atomic E-state index is 0.0400. The van der Waals surface area contributed by atoms with Crippen LogP contribution in [0.3, 0.4) is 0 Å². The molecule has 1 aliphatic rings. The predicted molar refractivity (Wildman–Crippen MR) is 53.8 cm³/mol.